The first-order valence-electron chi connectivity index (χ1n) is 6.21. The van der Waals surface area contributed by atoms with Crippen LogP contribution in [0.5, 0.6) is 0 Å². The molecule has 1 N–H and O–H groups in total. The van der Waals surface area contributed by atoms with Gasteiger partial charge in [-0.15, -0.1) is 0 Å². The van der Waals surface area contributed by atoms with Gasteiger partial charge in [-0.25, -0.2) is 9.48 Å². The minimum atomic E-state index is -4.41. The third-order valence-corrected chi connectivity index (χ3v) is 2.99. The van der Waals surface area contributed by atoms with Crippen LogP contribution >= 0.6 is 0 Å². The summed E-state index contributed by atoms with van der Waals surface area (Å²) in [5.41, 5.74) is 0.105. The minimum absolute atomic E-state index is 0.0205. The molecule has 4 nitrogen and oxygen atoms in total. The Hall–Kier alpha value is -2.31. The zero-order valence-corrected chi connectivity index (χ0v) is 11.3. The van der Waals surface area contributed by atoms with Crippen LogP contribution < -0.4 is 0 Å². The maximum absolute atomic E-state index is 12.5. The van der Waals surface area contributed by atoms with Crippen LogP contribution in [0.15, 0.2) is 30.3 Å². The van der Waals surface area contributed by atoms with Crippen LogP contribution in [0.2, 0.25) is 0 Å². The van der Waals surface area contributed by atoms with Crippen molar-refractivity contribution < 1.29 is 23.1 Å². The van der Waals surface area contributed by atoms with Gasteiger partial charge in [-0.2, -0.15) is 18.3 Å². The molecule has 1 aromatic heterocycles. The Morgan fingerprint density at radius 2 is 1.81 bits per heavy atom. The summed E-state index contributed by atoms with van der Waals surface area (Å²) in [6.45, 7) is 3.70. The van der Waals surface area contributed by atoms with Crippen molar-refractivity contribution in [2.75, 3.05) is 0 Å². The highest BCUT2D eigenvalue weighted by Gasteiger charge is 2.30. The number of nitrogens with zero attached hydrogens (tertiary/aromatic N) is 2. The highest BCUT2D eigenvalue weighted by molar-refractivity contribution is 5.85. The lowest BCUT2D eigenvalue weighted by Crippen LogP contribution is -2.07. The molecule has 21 heavy (non-hydrogen) atoms. The molecule has 1 heterocycles. The molecule has 112 valence electrons. The molecule has 0 bridgehead atoms. The third-order valence-electron chi connectivity index (χ3n) is 2.99. The first-order chi connectivity index (χ1) is 9.70. The zero-order valence-electron chi connectivity index (χ0n) is 11.3. The molecule has 0 radical (unpaired) electrons. The average Bonchev–Trinajstić information content (AvgIpc) is 2.83. The Morgan fingerprint density at radius 3 is 2.24 bits per heavy atom. The lowest BCUT2D eigenvalue weighted by molar-refractivity contribution is -0.137. The van der Waals surface area contributed by atoms with Crippen LogP contribution in [0.3, 0.4) is 0 Å². The zero-order chi connectivity index (χ0) is 15.8. The summed E-state index contributed by atoms with van der Waals surface area (Å²) in [6, 6.07) is 5.86. The van der Waals surface area contributed by atoms with Crippen molar-refractivity contribution in [1.29, 1.82) is 0 Å². The molecule has 0 aliphatic rings. The summed E-state index contributed by atoms with van der Waals surface area (Å²) in [5.74, 6) is -1.20. The number of carbonyl (C=O) groups is 1. The second-order valence-electron chi connectivity index (χ2n) is 4.87. The summed E-state index contributed by atoms with van der Waals surface area (Å²) in [5, 5.41) is 12.9. The second-order valence-corrected chi connectivity index (χ2v) is 4.87. The van der Waals surface area contributed by atoms with Crippen molar-refractivity contribution in [3.05, 3.63) is 47.3 Å². The van der Waals surface area contributed by atoms with Crippen molar-refractivity contribution in [3.63, 3.8) is 0 Å². The number of hydrogen-bond acceptors (Lipinski definition) is 2. The molecule has 0 fully saturated rings. The molecule has 7 heteroatoms. The quantitative estimate of drug-likeness (QED) is 0.939. The van der Waals surface area contributed by atoms with Crippen LogP contribution in [-0.2, 0) is 6.18 Å². The van der Waals surface area contributed by atoms with Gasteiger partial charge in [0, 0.05) is 5.69 Å². The number of carboxylic acid groups (broad SMARTS) is 1. The Labute approximate surface area is 118 Å². The van der Waals surface area contributed by atoms with Crippen molar-refractivity contribution in [3.8, 4) is 5.69 Å². The van der Waals surface area contributed by atoms with Gasteiger partial charge in [0.1, 0.15) is 0 Å². The van der Waals surface area contributed by atoms with E-state index in [0.29, 0.717) is 11.4 Å². The topological polar surface area (TPSA) is 55.1 Å². The molecule has 0 aliphatic heterocycles. The van der Waals surface area contributed by atoms with E-state index >= 15 is 0 Å². The smallest absolute Gasteiger partial charge is 0.416 e. The molecule has 0 saturated carbocycles. The van der Waals surface area contributed by atoms with E-state index in [1.54, 1.807) is 0 Å². The monoisotopic (exact) mass is 298 g/mol. The fourth-order valence-corrected chi connectivity index (χ4v) is 1.91. The van der Waals surface area contributed by atoms with E-state index in [1.165, 1.54) is 22.9 Å². The molecule has 0 spiro atoms. The minimum Gasteiger partial charge on any atom is -0.476 e. The summed E-state index contributed by atoms with van der Waals surface area (Å²) in [6.07, 6.45) is -4.41. The number of carboxylic acids is 1. The summed E-state index contributed by atoms with van der Waals surface area (Å²) >= 11 is 0. The third kappa shape index (κ3) is 3.07. The first kappa shape index (κ1) is 15.1. The number of benzene rings is 1. The summed E-state index contributed by atoms with van der Waals surface area (Å²) < 4.78 is 39.0. The largest absolute Gasteiger partial charge is 0.476 e. The fourth-order valence-electron chi connectivity index (χ4n) is 1.91. The highest BCUT2D eigenvalue weighted by atomic mass is 19.4. The van der Waals surface area contributed by atoms with Gasteiger partial charge in [-0.3, -0.25) is 0 Å². The van der Waals surface area contributed by atoms with Crippen molar-refractivity contribution in [2.45, 2.75) is 25.9 Å². The first-order valence-corrected chi connectivity index (χ1v) is 6.21. The Bertz CT molecular complexity index is 658. The molecule has 0 atom stereocenters. The van der Waals surface area contributed by atoms with Crippen LogP contribution in [0.1, 0.15) is 41.5 Å². The lowest BCUT2D eigenvalue weighted by atomic mass is 10.1. The molecule has 1 aromatic carbocycles. The van der Waals surface area contributed by atoms with Gasteiger partial charge in [0.25, 0.3) is 0 Å². The SMILES string of the molecule is CC(C)c1cc(C(=O)O)nn1-c1ccc(C(F)(F)F)cc1. The van der Waals surface area contributed by atoms with E-state index in [1.807, 2.05) is 13.8 Å². The molecule has 0 aliphatic carbocycles. The predicted molar refractivity (Wildman–Crippen MR) is 69.6 cm³/mol. The van der Waals surface area contributed by atoms with Crippen LogP contribution in [0.25, 0.3) is 5.69 Å². The normalized spacial score (nSPS) is 11.9. The molecule has 2 rings (SSSR count). The summed E-state index contributed by atoms with van der Waals surface area (Å²) in [4.78, 5) is 11.0. The van der Waals surface area contributed by atoms with Crippen molar-refractivity contribution in [2.24, 2.45) is 0 Å². The Morgan fingerprint density at radius 1 is 1.24 bits per heavy atom. The molecular weight excluding hydrogens is 285 g/mol. The number of halogens is 3. The highest BCUT2D eigenvalue weighted by Crippen LogP contribution is 2.30. The van der Waals surface area contributed by atoms with Gasteiger partial charge in [0.15, 0.2) is 5.69 Å². The maximum atomic E-state index is 12.5. The number of hydrogen-bond donors (Lipinski definition) is 1. The maximum Gasteiger partial charge on any atom is 0.416 e. The average molecular weight is 298 g/mol. The van der Waals surface area contributed by atoms with Gasteiger partial charge < -0.3 is 5.11 Å². The van der Waals surface area contributed by atoms with Gasteiger partial charge in [0.05, 0.1) is 11.3 Å². The number of aromatic nitrogens is 2. The molecule has 0 unspecified atom stereocenters. The van der Waals surface area contributed by atoms with Gasteiger partial charge in [-0.1, -0.05) is 13.8 Å². The number of aromatic carboxylic acids is 1. The van der Waals surface area contributed by atoms with Crippen LogP contribution in [0, 0.1) is 0 Å². The van der Waals surface area contributed by atoms with Crippen LogP contribution in [-0.4, -0.2) is 20.9 Å². The molecule has 0 amide bonds. The van der Waals surface area contributed by atoms with E-state index in [9.17, 15) is 18.0 Å². The van der Waals surface area contributed by atoms with Gasteiger partial charge in [-0.05, 0) is 36.2 Å². The van der Waals surface area contributed by atoms with E-state index in [0.717, 1.165) is 12.1 Å². The lowest BCUT2D eigenvalue weighted by Gasteiger charge is -2.11. The fraction of sp³-hybridized carbons (Fsp3) is 0.286. The molecular formula is C14H13F3N2O2. The Kier molecular flexibility index (Phi) is 3.76. The number of alkyl halides is 3. The van der Waals surface area contributed by atoms with Gasteiger partial charge in [0.2, 0.25) is 0 Å². The predicted octanol–water partition coefficient (Wildman–Crippen LogP) is 3.71. The van der Waals surface area contributed by atoms with Gasteiger partial charge >= 0.3 is 12.1 Å². The van der Waals surface area contributed by atoms with E-state index in [4.69, 9.17) is 5.11 Å². The van der Waals surface area contributed by atoms with E-state index in [2.05, 4.69) is 5.10 Å². The van der Waals surface area contributed by atoms with Crippen molar-refractivity contribution in [1.82, 2.24) is 9.78 Å². The summed E-state index contributed by atoms with van der Waals surface area (Å²) in [7, 11) is 0. The Balaban J connectivity index is 2.48. The van der Waals surface area contributed by atoms with E-state index < -0.39 is 17.7 Å². The molecule has 2 aromatic rings. The molecule has 0 saturated heterocycles. The van der Waals surface area contributed by atoms with Crippen molar-refractivity contribution >= 4 is 5.97 Å². The van der Waals surface area contributed by atoms with E-state index in [-0.39, 0.29) is 11.6 Å². The second kappa shape index (κ2) is 5.23. The van der Waals surface area contributed by atoms with Crippen LogP contribution in [0.4, 0.5) is 13.2 Å². The standard InChI is InChI=1S/C14H13F3N2O2/c1-8(2)12-7-11(13(20)21)18-19(12)10-5-3-9(4-6-10)14(15,16)17/h3-8H,1-2H3,(H,20,21). The number of rotatable bonds is 3.